The monoisotopic (exact) mass is 247 g/mol. The maximum atomic E-state index is 13.1. The highest BCUT2D eigenvalue weighted by Gasteiger charge is 2.14. The molecular formula is C13H10FNO3. The van der Waals surface area contributed by atoms with Crippen molar-refractivity contribution in [1.29, 1.82) is 0 Å². The molecule has 0 unspecified atom stereocenters. The van der Waals surface area contributed by atoms with E-state index >= 15 is 0 Å². The van der Waals surface area contributed by atoms with Crippen LogP contribution in [-0.2, 0) is 0 Å². The van der Waals surface area contributed by atoms with Gasteiger partial charge < -0.3 is 5.11 Å². The van der Waals surface area contributed by atoms with Crippen molar-refractivity contribution in [3.05, 3.63) is 57.9 Å². The Kier molecular flexibility index (Phi) is 2.97. The van der Waals surface area contributed by atoms with E-state index in [1.165, 1.54) is 18.2 Å². The van der Waals surface area contributed by atoms with Crippen molar-refractivity contribution >= 4 is 5.69 Å². The van der Waals surface area contributed by atoms with Gasteiger partial charge >= 0.3 is 5.69 Å². The average molecular weight is 247 g/mol. The van der Waals surface area contributed by atoms with Crippen LogP contribution in [0.1, 0.15) is 5.56 Å². The van der Waals surface area contributed by atoms with Crippen LogP contribution in [0.2, 0.25) is 0 Å². The molecule has 0 bridgehead atoms. The van der Waals surface area contributed by atoms with Crippen LogP contribution in [0.4, 0.5) is 10.1 Å². The summed E-state index contributed by atoms with van der Waals surface area (Å²) in [6.07, 6.45) is 0. The second kappa shape index (κ2) is 4.44. The van der Waals surface area contributed by atoms with Crippen LogP contribution in [0, 0.1) is 22.9 Å². The number of hydrogen-bond donors (Lipinski definition) is 1. The summed E-state index contributed by atoms with van der Waals surface area (Å²) in [6, 6.07) is 8.52. The summed E-state index contributed by atoms with van der Waals surface area (Å²) in [4.78, 5) is 10.1. The lowest BCUT2D eigenvalue weighted by Crippen LogP contribution is -1.90. The summed E-state index contributed by atoms with van der Waals surface area (Å²) in [7, 11) is 0. The lowest BCUT2D eigenvalue weighted by atomic mass is 10.0. The summed E-state index contributed by atoms with van der Waals surface area (Å²) >= 11 is 0. The van der Waals surface area contributed by atoms with Gasteiger partial charge in [-0.2, -0.15) is 0 Å². The number of nitro benzene ring substituents is 1. The number of phenols is 1. The van der Waals surface area contributed by atoms with Crippen molar-refractivity contribution in [2.24, 2.45) is 0 Å². The summed E-state index contributed by atoms with van der Waals surface area (Å²) < 4.78 is 13.1. The Morgan fingerprint density at radius 1 is 1.17 bits per heavy atom. The molecule has 0 aliphatic heterocycles. The van der Waals surface area contributed by atoms with Crippen LogP contribution >= 0.6 is 0 Å². The summed E-state index contributed by atoms with van der Waals surface area (Å²) in [6.45, 7) is 1.62. The highest BCUT2D eigenvalue weighted by atomic mass is 19.1. The summed E-state index contributed by atoms with van der Waals surface area (Å²) in [5.74, 6) is -0.713. The molecule has 1 N–H and O–H groups in total. The first-order valence-corrected chi connectivity index (χ1v) is 5.23. The summed E-state index contributed by atoms with van der Waals surface area (Å²) in [5, 5.41) is 20.1. The minimum atomic E-state index is -0.658. The molecule has 0 fully saturated rings. The minimum absolute atomic E-state index is 0.327. The lowest BCUT2D eigenvalue weighted by Gasteiger charge is -2.04. The maximum Gasteiger partial charge on any atom is 0.311 e. The third-order valence-electron chi connectivity index (χ3n) is 2.66. The second-order valence-electron chi connectivity index (χ2n) is 3.92. The number of benzene rings is 2. The molecule has 4 nitrogen and oxygen atoms in total. The van der Waals surface area contributed by atoms with Crippen molar-refractivity contribution in [2.75, 3.05) is 0 Å². The second-order valence-corrected chi connectivity index (χ2v) is 3.92. The standard InChI is InChI=1S/C13H10FNO3/c1-8-6-9(2-4-11(8)14)10-3-5-13(16)12(7-10)15(17)18/h2-7,16H,1H3. The third-order valence-corrected chi connectivity index (χ3v) is 2.66. The molecule has 2 aromatic rings. The molecule has 0 saturated heterocycles. The van der Waals surface area contributed by atoms with Gasteiger partial charge in [-0.25, -0.2) is 4.39 Å². The van der Waals surface area contributed by atoms with Crippen LogP contribution in [-0.4, -0.2) is 10.0 Å². The Labute approximate surface area is 102 Å². The van der Waals surface area contributed by atoms with Gasteiger partial charge in [0.1, 0.15) is 5.82 Å². The number of aromatic hydroxyl groups is 1. The lowest BCUT2D eigenvalue weighted by molar-refractivity contribution is -0.385. The number of hydrogen-bond acceptors (Lipinski definition) is 3. The Morgan fingerprint density at radius 2 is 1.78 bits per heavy atom. The van der Waals surface area contributed by atoms with Crippen LogP contribution in [0.5, 0.6) is 5.75 Å². The molecule has 0 aliphatic rings. The van der Waals surface area contributed by atoms with E-state index in [2.05, 4.69) is 0 Å². The first kappa shape index (κ1) is 12.0. The van der Waals surface area contributed by atoms with Gasteiger partial charge in [-0.15, -0.1) is 0 Å². The Balaban J connectivity index is 2.54. The van der Waals surface area contributed by atoms with Gasteiger partial charge in [-0.3, -0.25) is 10.1 Å². The predicted molar refractivity (Wildman–Crippen MR) is 64.9 cm³/mol. The highest BCUT2D eigenvalue weighted by Crippen LogP contribution is 2.31. The van der Waals surface area contributed by atoms with Gasteiger partial charge in [0.2, 0.25) is 0 Å². The molecule has 0 heterocycles. The molecule has 2 aromatic carbocycles. The number of nitrogens with zero attached hydrogens (tertiary/aromatic N) is 1. The van der Waals surface area contributed by atoms with Crippen LogP contribution < -0.4 is 0 Å². The molecule has 0 radical (unpaired) electrons. The van der Waals surface area contributed by atoms with Crippen molar-refractivity contribution in [2.45, 2.75) is 6.92 Å². The maximum absolute atomic E-state index is 13.1. The molecule has 18 heavy (non-hydrogen) atoms. The first-order chi connectivity index (χ1) is 8.49. The van der Waals surface area contributed by atoms with Crippen molar-refractivity contribution in [3.63, 3.8) is 0 Å². The predicted octanol–water partition coefficient (Wildman–Crippen LogP) is 3.41. The number of aryl methyl sites for hydroxylation is 1. The van der Waals surface area contributed by atoms with Crippen LogP contribution in [0.15, 0.2) is 36.4 Å². The Hall–Kier alpha value is -2.43. The molecule has 0 spiro atoms. The van der Waals surface area contributed by atoms with Gasteiger partial charge in [0.05, 0.1) is 4.92 Å². The van der Waals surface area contributed by atoms with Crippen LogP contribution in [0.3, 0.4) is 0 Å². The van der Waals surface area contributed by atoms with E-state index in [0.717, 1.165) is 0 Å². The fourth-order valence-corrected chi connectivity index (χ4v) is 1.67. The Morgan fingerprint density at radius 3 is 2.39 bits per heavy atom. The van der Waals surface area contributed by atoms with Gasteiger partial charge in [-0.05, 0) is 41.8 Å². The molecule has 0 amide bonds. The van der Waals surface area contributed by atoms with Gasteiger partial charge in [0.25, 0.3) is 0 Å². The van der Waals surface area contributed by atoms with Crippen molar-refractivity contribution in [1.82, 2.24) is 0 Å². The quantitative estimate of drug-likeness (QED) is 0.653. The normalized spacial score (nSPS) is 10.3. The van der Waals surface area contributed by atoms with E-state index in [-0.39, 0.29) is 17.3 Å². The minimum Gasteiger partial charge on any atom is -0.502 e. The molecule has 2 rings (SSSR count). The number of rotatable bonds is 2. The Bertz CT molecular complexity index is 626. The van der Waals surface area contributed by atoms with Gasteiger partial charge in [0.15, 0.2) is 5.75 Å². The van der Waals surface area contributed by atoms with E-state index < -0.39 is 4.92 Å². The molecule has 0 aliphatic carbocycles. The SMILES string of the molecule is Cc1cc(-c2ccc(O)c([N+](=O)[O-])c2)ccc1F. The molecule has 0 aromatic heterocycles. The van der Waals surface area contributed by atoms with Crippen LogP contribution in [0.25, 0.3) is 11.1 Å². The molecular weight excluding hydrogens is 237 g/mol. The fraction of sp³-hybridized carbons (Fsp3) is 0.0769. The van der Waals surface area contributed by atoms with Gasteiger partial charge in [-0.1, -0.05) is 12.1 Å². The third kappa shape index (κ3) is 2.15. The number of halogens is 1. The molecule has 5 heteroatoms. The zero-order chi connectivity index (χ0) is 13.3. The molecule has 0 saturated carbocycles. The highest BCUT2D eigenvalue weighted by molar-refractivity contribution is 5.69. The van der Waals surface area contributed by atoms with Crippen molar-refractivity contribution in [3.8, 4) is 16.9 Å². The number of nitro groups is 1. The molecule has 92 valence electrons. The topological polar surface area (TPSA) is 63.4 Å². The van der Waals surface area contributed by atoms with E-state index in [1.807, 2.05) is 0 Å². The largest absolute Gasteiger partial charge is 0.502 e. The van der Waals surface area contributed by atoms with E-state index in [4.69, 9.17) is 0 Å². The first-order valence-electron chi connectivity index (χ1n) is 5.23. The van der Waals surface area contributed by atoms with Crippen molar-refractivity contribution < 1.29 is 14.4 Å². The van der Waals surface area contributed by atoms with Gasteiger partial charge in [0, 0.05) is 6.07 Å². The van der Waals surface area contributed by atoms with E-state index in [9.17, 15) is 19.6 Å². The fourth-order valence-electron chi connectivity index (χ4n) is 1.67. The zero-order valence-corrected chi connectivity index (χ0v) is 9.55. The van der Waals surface area contributed by atoms with E-state index in [1.54, 1.807) is 25.1 Å². The van der Waals surface area contributed by atoms with E-state index in [0.29, 0.717) is 16.7 Å². The smallest absolute Gasteiger partial charge is 0.311 e. The number of phenolic OH excluding ortho intramolecular Hbond substituents is 1. The average Bonchev–Trinajstić information content (AvgIpc) is 2.33. The molecule has 0 atom stereocenters. The summed E-state index contributed by atoms with van der Waals surface area (Å²) in [5.41, 5.74) is 1.32. The zero-order valence-electron chi connectivity index (χ0n) is 9.55.